The number of esters is 1. The lowest BCUT2D eigenvalue weighted by Gasteiger charge is -2.34. The van der Waals surface area contributed by atoms with Crippen molar-refractivity contribution in [2.24, 2.45) is 0 Å². The molecule has 1 fully saturated rings. The first-order chi connectivity index (χ1) is 15.5. The third-order valence-electron chi connectivity index (χ3n) is 5.01. The molecule has 0 unspecified atom stereocenters. The van der Waals surface area contributed by atoms with Gasteiger partial charge in [0, 0.05) is 38.1 Å². The number of halogens is 1. The fourth-order valence-electron chi connectivity index (χ4n) is 3.20. The number of unbranched alkanes of at least 4 members (excludes halogenated alkanes) is 1. The largest absolute Gasteiger partial charge is 0.492 e. The molecule has 3 rings (SSSR count). The maximum absolute atomic E-state index is 12.6. The summed E-state index contributed by atoms with van der Waals surface area (Å²) in [5.41, 5.74) is 1.24. The highest BCUT2D eigenvalue weighted by atomic mass is 35.5. The van der Waals surface area contributed by atoms with Gasteiger partial charge in [0.1, 0.15) is 5.75 Å². The Balaban J connectivity index is 1.45. The first-order valence-corrected chi connectivity index (χ1v) is 12.1. The number of aromatic nitrogens is 1. The van der Waals surface area contributed by atoms with Crippen LogP contribution >= 0.6 is 22.9 Å². The summed E-state index contributed by atoms with van der Waals surface area (Å²) in [4.78, 5) is 32.6. The van der Waals surface area contributed by atoms with Crippen molar-refractivity contribution in [1.82, 2.24) is 15.2 Å². The Labute approximate surface area is 197 Å². The van der Waals surface area contributed by atoms with Gasteiger partial charge >= 0.3 is 12.0 Å². The number of hydrogen-bond donors (Lipinski definition) is 1. The van der Waals surface area contributed by atoms with Crippen LogP contribution in [0.15, 0.2) is 23.6 Å². The zero-order valence-electron chi connectivity index (χ0n) is 18.4. The molecular weight excluding hydrogens is 452 g/mol. The van der Waals surface area contributed by atoms with Crippen molar-refractivity contribution >= 4 is 40.1 Å². The summed E-state index contributed by atoms with van der Waals surface area (Å²) in [6.07, 6.45) is 2.05. The molecule has 2 amide bonds. The third-order valence-corrected chi connectivity index (χ3v) is 6.21. The number of hydrogen-bond acceptors (Lipinski definition) is 7. The van der Waals surface area contributed by atoms with Gasteiger partial charge < -0.3 is 24.6 Å². The second-order valence-corrected chi connectivity index (χ2v) is 8.58. The van der Waals surface area contributed by atoms with E-state index in [1.165, 1.54) is 11.3 Å². The number of piperazine rings is 1. The van der Waals surface area contributed by atoms with Gasteiger partial charge in [-0.3, -0.25) is 0 Å². The van der Waals surface area contributed by atoms with Gasteiger partial charge in [-0.25, -0.2) is 14.6 Å². The minimum atomic E-state index is -0.409. The van der Waals surface area contributed by atoms with Crippen LogP contribution in [0.2, 0.25) is 5.02 Å². The van der Waals surface area contributed by atoms with E-state index in [1.54, 1.807) is 17.2 Å². The van der Waals surface area contributed by atoms with E-state index in [4.69, 9.17) is 21.1 Å². The molecule has 1 aliphatic heterocycles. The van der Waals surface area contributed by atoms with Crippen molar-refractivity contribution < 1.29 is 19.1 Å². The minimum absolute atomic E-state index is 0.115. The van der Waals surface area contributed by atoms with Crippen molar-refractivity contribution in [3.8, 4) is 5.75 Å². The van der Waals surface area contributed by atoms with Crippen LogP contribution in [0.4, 0.5) is 9.93 Å². The number of carbonyl (C=O) groups is 2. The molecule has 1 aromatic heterocycles. The monoisotopic (exact) mass is 480 g/mol. The van der Waals surface area contributed by atoms with Gasteiger partial charge in [0.25, 0.3) is 0 Å². The van der Waals surface area contributed by atoms with E-state index in [0.717, 1.165) is 23.5 Å². The second-order valence-electron chi connectivity index (χ2n) is 7.34. The lowest BCUT2D eigenvalue weighted by Crippen LogP contribution is -2.51. The molecule has 8 nitrogen and oxygen atoms in total. The predicted octanol–water partition coefficient (Wildman–Crippen LogP) is 4.18. The summed E-state index contributed by atoms with van der Waals surface area (Å²) in [5, 5.41) is 5.97. The highest BCUT2D eigenvalue weighted by molar-refractivity contribution is 7.13. The van der Waals surface area contributed by atoms with Gasteiger partial charge in [-0.1, -0.05) is 31.0 Å². The molecule has 1 aromatic carbocycles. The van der Waals surface area contributed by atoms with Crippen LogP contribution in [0.3, 0.4) is 0 Å². The Kier molecular flexibility index (Phi) is 8.99. The number of benzene rings is 1. The number of amides is 2. The van der Waals surface area contributed by atoms with E-state index in [0.29, 0.717) is 62.4 Å². The molecule has 0 atom stereocenters. The Morgan fingerprint density at radius 3 is 2.69 bits per heavy atom. The van der Waals surface area contributed by atoms with Crippen molar-refractivity contribution in [1.29, 1.82) is 0 Å². The SMILES string of the molecule is CCCCOc1ccc(CNC(=O)N2CCN(c3nc(C(=O)OCC)cs3)CC2)cc1Cl. The topological polar surface area (TPSA) is 84.0 Å². The Bertz CT molecular complexity index is 915. The summed E-state index contributed by atoms with van der Waals surface area (Å²) in [6, 6.07) is 5.46. The molecule has 0 saturated carbocycles. The van der Waals surface area contributed by atoms with Crippen molar-refractivity contribution in [3.63, 3.8) is 0 Å². The summed E-state index contributed by atoms with van der Waals surface area (Å²) < 4.78 is 10.7. The second kappa shape index (κ2) is 11.9. The molecule has 2 aromatic rings. The average Bonchev–Trinajstić information content (AvgIpc) is 3.30. The van der Waals surface area contributed by atoms with E-state index in [9.17, 15) is 9.59 Å². The Morgan fingerprint density at radius 2 is 2.00 bits per heavy atom. The van der Waals surface area contributed by atoms with Gasteiger partial charge in [0.15, 0.2) is 10.8 Å². The average molecular weight is 481 g/mol. The standard InChI is InChI=1S/C22H29ClN4O4S/c1-3-5-12-31-19-7-6-16(13-17(19)23)14-24-21(29)26-8-10-27(11-9-26)22-25-18(15-32-22)20(28)30-4-2/h6-7,13,15H,3-5,8-12,14H2,1-2H3,(H,24,29). The minimum Gasteiger partial charge on any atom is -0.492 e. The number of nitrogens with one attached hydrogen (secondary N) is 1. The summed E-state index contributed by atoms with van der Waals surface area (Å²) >= 11 is 7.71. The van der Waals surface area contributed by atoms with E-state index >= 15 is 0 Å². The van der Waals surface area contributed by atoms with Gasteiger partial charge in [-0.15, -0.1) is 11.3 Å². The predicted molar refractivity (Wildman–Crippen MR) is 126 cm³/mol. The molecule has 2 heterocycles. The van der Waals surface area contributed by atoms with Gasteiger partial charge in [0.05, 0.1) is 18.2 Å². The number of carbonyl (C=O) groups excluding carboxylic acids is 2. The van der Waals surface area contributed by atoms with Crippen molar-refractivity contribution in [3.05, 3.63) is 39.9 Å². The van der Waals surface area contributed by atoms with Crippen molar-refractivity contribution in [2.45, 2.75) is 33.2 Å². The van der Waals surface area contributed by atoms with Crippen LogP contribution in [-0.2, 0) is 11.3 Å². The highest BCUT2D eigenvalue weighted by Gasteiger charge is 2.23. The van der Waals surface area contributed by atoms with E-state index < -0.39 is 5.97 Å². The number of thiazole rings is 1. The third kappa shape index (κ3) is 6.49. The van der Waals surface area contributed by atoms with Crippen LogP contribution in [0.1, 0.15) is 42.7 Å². The lowest BCUT2D eigenvalue weighted by atomic mass is 10.2. The van der Waals surface area contributed by atoms with Crippen LogP contribution in [-0.4, -0.2) is 61.3 Å². The first kappa shape index (κ1) is 24.1. The number of urea groups is 1. The molecule has 0 aliphatic carbocycles. The number of nitrogens with zero attached hydrogens (tertiary/aromatic N) is 3. The molecule has 1 aliphatic rings. The molecule has 0 spiro atoms. The quantitative estimate of drug-likeness (QED) is 0.428. The molecule has 1 saturated heterocycles. The zero-order valence-corrected chi connectivity index (χ0v) is 20.0. The van der Waals surface area contributed by atoms with Gasteiger partial charge in [-0.05, 0) is 31.0 Å². The molecule has 174 valence electrons. The molecule has 32 heavy (non-hydrogen) atoms. The number of ether oxygens (including phenoxy) is 2. The number of anilines is 1. The Hall–Kier alpha value is -2.52. The lowest BCUT2D eigenvalue weighted by molar-refractivity contribution is 0.0520. The fraction of sp³-hybridized carbons (Fsp3) is 0.500. The van der Waals surface area contributed by atoms with Gasteiger partial charge in [-0.2, -0.15) is 0 Å². The fourth-order valence-corrected chi connectivity index (χ4v) is 4.30. The van der Waals surface area contributed by atoms with Crippen LogP contribution in [0.25, 0.3) is 0 Å². The molecule has 10 heteroatoms. The van der Waals surface area contributed by atoms with Crippen LogP contribution < -0.4 is 15.0 Å². The van der Waals surface area contributed by atoms with E-state index in [-0.39, 0.29) is 6.03 Å². The molecule has 0 bridgehead atoms. The summed E-state index contributed by atoms with van der Waals surface area (Å²) in [5.74, 6) is 0.258. The van der Waals surface area contributed by atoms with Crippen LogP contribution in [0, 0.1) is 0 Å². The molecular formula is C22H29ClN4O4S. The van der Waals surface area contributed by atoms with E-state index in [2.05, 4.69) is 22.1 Å². The van der Waals surface area contributed by atoms with Gasteiger partial charge in [0.2, 0.25) is 0 Å². The Morgan fingerprint density at radius 1 is 1.22 bits per heavy atom. The highest BCUT2D eigenvalue weighted by Crippen LogP contribution is 2.26. The maximum atomic E-state index is 12.6. The normalized spacial score (nSPS) is 13.7. The van der Waals surface area contributed by atoms with Crippen molar-refractivity contribution in [2.75, 3.05) is 44.3 Å². The maximum Gasteiger partial charge on any atom is 0.357 e. The summed E-state index contributed by atoms with van der Waals surface area (Å²) in [7, 11) is 0. The number of rotatable bonds is 9. The first-order valence-electron chi connectivity index (χ1n) is 10.8. The summed E-state index contributed by atoms with van der Waals surface area (Å²) in [6.45, 7) is 7.68. The smallest absolute Gasteiger partial charge is 0.357 e. The molecule has 0 radical (unpaired) electrons. The molecule has 1 N–H and O–H groups in total. The zero-order chi connectivity index (χ0) is 22.9. The van der Waals surface area contributed by atoms with Crippen LogP contribution in [0.5, 0.6) is 5.75 Å². The van der Waals surface area contributed by atoms with E-state index in [1.807, 2.05) is 18.2 Å².